The molecule has 0 aromatic carbocycles. The first-order chi connectivity index (χ1) is 4.11. The van der Waals surface area contributed by atoms with Crippen molar-refractivity contribution < 1.29 is 14.4 Å². The van der Waals surface area contributed by atoms with E-state index in [1.54, 1.807) is 0 Å². The van der Waals surface area contributed by atoms with Crippen LogP contribution in [-0.4, -0.2) is 9.79 Å². The van der Waals surface area contributed by atoms with Crippen molar-refractivity contribution in [2.24, 2.45) is 0 Å². The second-order valence-corrected chi connectivity index (χ2v) is 3.17. The molecular weight excluding hydrogens is 139 g/mol. The largest absolute Gasteiger partial charge is 0.363 e. The van der Waals surface area contributed by atoms with Crippen molar-refractivity contribution >= 4 is 7.60 Å². The van der Waals surface area contributed by atoms with Crippen molar-refractivity contribution in [3.63, 3.8) is 0 Å². The summed E-state index contributed by atoms with van der Waals surface area (Å²) in [6.07, 6.45) is 4.35. The second kappa shape index (κ2) is 1.98. The third kappa shape index (κ3) is 1.41. The molecular formula is C5H5O3P. The SMILES string of the molecule is O=P(O)(O)C1=C=CC=C1. The van der Waals surface area contributed by atoms with Crippen LogP contribution in [0.5, 0.6) is 0 Å². The highest BCUT2D eigenvalue weighted by Gasteiger charge is 2.18. The van der Waals surface area contributed by atoms with Gasteiger partial charge in [-0.3, -0.25) is 4.57 Å². The first-order valence-electron chi connectivity index (χ1n) is 2.30. The van der Waals surface area contributed by atoms with Crippen LogP contribution in [0.25, 0.3) is 0 Å². The molecule has 0 fully saturated rings. The van der Waals surface area contributed by atoms with E-state index in [4.69, 9.17) is 9.79 Å². The van der Waals surface area contributed by atoms with Crippen molar-refractivity contribution in [1.82, 2.24) is 0 Å². The predicted octanol–water partition coefficient (Wildman–Crippen LogP) is 0.773. The Morgan fingerprint density at radius 3 is 2.44 bits per heavy atom. The molecule has 0 aliphatic heterocycles. The Bertz CT molecular complexity index is 251. The summed E-state index contributed by atoms with van der Waals surface area (Å²) < 4.78 is 10.4. The Morgan fingerprint density at radius 1 is 1.56 bits per heavy atom. The molecule has 0 spiro atoms. The van der Waals surface area contributed by atoms with Gasteiger partial charge in [0.05, 0.1) is 0 Å². The molecule has 0 saturated carbocycles. The standard InChI is InChI=1S/C5H5O3P/c6-9(7,8)5-3-1-2-4-5/h1-3H,(H2,6,7,8). The van der Waals surface area contributed by atoms with Crippen molar-refractivity contribution in [3.8, 4) is 0 Å². The molecule has 0 radical (unpaired) electrons. The van der Waals surface area contributed by atoms with Crippen LogP contribution in [0.1, 0.15) is 0 Å². The van der Waals surface area contributed by atoms with E-state index in [0.29, 0.717) is 0 Å². The van der Waals surface area contributed by atoms with Gasteiger partial charge in [0.2, 0.25) is 0 Å². The molecule has 0 unspecified atom stereocenters. The van der Waals surface area contributed by atoms with Gasteiger partial charge in [0.1, 0.15) is 5.31 Å². The van der Waals surface area contributed by atoms with Crippen molar-refractivity contribution in [2.45, 2.75) is 0 Å². The lowest BCUT2D eigenvalue weighted by Crippen LogP contribution is -1.76. The van der Waals surface area contributed by atoms with E-state index in [9.17, 15) is 4.57 Å². The Morgan fingerprint density at radius 2 is 2.22 bits per heavy atom. The van der Waals surface area contributed by atoms with Crippen LogP contribution in [0.3, 0.4) is 0 Å². The fourth-order valence-corrected chi connectivity index (χ4v) is 1.03. The molecule has 1 rings (SSSR count). The first-order valence-corrected chi connectivity index (χ1v) is 3.91. The summed E-state index contributed by atoms with van der Waals surface area (Å²) in [5.41, 5.74) is 2.41. The molecule has 0 heterocycles. The molecule has 0 atom stereocenters. The van der Waals surface area contributed by atoms with E-state index in [-0.39, 0.29) is 5.31 Å². The van der Waals surface area contributed by atoms with E-state index < -0.39 is 7.60 Å². The molecule has 1 aliphatic carbocycles. The Labute approximate surface area is 52.2 Å². The van der Waals surface area contributed by atoms with Crippen molar-refractivity contribution in [2.75, 3.05) is 0 Å². The number of hydrogen-bond acceptors (Lipinski definition) is 1. The Hall–Kier alpha value is -0.590. The maximum absolute atomic E-state index is 10.4. The van der Waals surface area contributed by atoms with E-state index in [1.807, 2.05) is 0 Å². The minimum absolute atomic E-state index is 0.0394. The fraction of sp³-hybridized carbons (Fsp3) is 0. The van der Waals surface area contributed by atoms with Gasteiger partial charge in [-0.15, -0.1) is 5.73 Å². The lowest BCUT2D eigenvalue weighted by molar-refractivity contribution is 0.383. The smallest absolute Gasteiger partial charge is 0.321 e. The molecule has 2 N–H and O–H groups in total. The number of rotatable bonds is 1. The predicted molar refractivity (Wildman–Crippen MR) is 32.8 cm³/mol. The van der Waals surface area contributed by atoms with Crippen LogP contribution in [0.15, 0.2) is 29.3 Å². The van der Waals surface area contributed by atoms with Gasteiger partial charge in [-0.05, 0) is 12.2 Å². The molecule has 0 bridgehead atoms. The molecule has 1 aliphatic rings. The Kier molecular flexibility index (Phi) is 1.43. The van der Waals surface area contributed by atoms with E-state index in [2.05, 4.69) is 5.73 Å². The highest BCUT2D eigenvalue weighted by Crippen LogP contribution is 2.45. The maximum atomic E-state index is 10.4. The highest BCUT2D eigenvalue weighted by atomic mass is 31.2. The second-order valence-electron chi connectivity index (χ2n) is 1.60. The zero-order chi connectivity index (χ0) is 6.91. The normalized spacial score (nSPS) is 16.4. The zero-order valence-corrected chi connectivity index (χ0v) is 5.38. The lowest BCUT2D eigenvalue weighted by Gasteiger charge is -1.97. The van der Waals surface area contributed by atoms with Crippen LogP contribution in [0, 0.1) is 0 Å². The third-order valence-corrected chi connectivity index (χ3v) is 1.80. The van der Waals surface area contributed by atoms with Crippen LogP contribution in [0.4, 0.5) is 0 Å². The molecule has 4 heteroatoms. The summed E-state index contributed by atoms with van der Waals surface area (Å²) in [5.74, 6) is 0. The summed E-state index contributed by atoms with van der Waals surface area (Å²) in [5, 5.41) is -0.0394. The van der Waals surface area contributed by atoms with Crippen LogP contribution >= 0.6 is 7.60 Å². The molecule has 3 nitrogen and oxygen atoms in total. The molecule has 48 valence electrons. The summed E-state index contributed by atoms with van der Waals surface area (Å²) >= 11 is 0. The number of hydrogen-bond donors (Lipinski definition) is 2. The molecule has 0 aromatic heterocycles. The first kappa shape index (κ1) is 6.53. The molecule has 0 aromatic rings. The van der Waals surface area contributed by atoms with E-state index in [1.165, 1.54) is 18.2 Å². The number of allylic oxidation sites excluding steroid dienone is 3. The van der Waals surface area contributed by atoms with Crippen molar-refractivity contribution in [1.29, 1.82) is 0 Å². The fourth-order valence-electron chi connectivity index (χ4n) is 0.502. The average Bonchev–Trinajstić information content (AvgIpc) is 2.08. The lowest BCUT2D eigenvalue weighted by atomic mass is 10.6. The zero-order valence-electron chi connectivity index (χ0n) is 4.48. The van der Waals surface area contributed by atoms with Gasteiger partial charge in [0, 0.05) is 0 Å². The topological polar surface area (TPSA) is 57.5 Å². The monoisotopic (exact) mass is 144 g/mol. The Balaban J connectivity index is 3.02. The van der Waals surface area contributed by atoms with Crippen LogP contribution in [-0.2, 0) is 4.57 Å². The maximum Gasteiger partial charge on any atom is 0.363 e. The van der Waals surface area contributed by atoms with Crippen molar-refractivity contribution in [3.05, 3.63) is 29.3 Å². The minimum Gasteiger partial charge on any atom is -0.321 e. The molecule has 9 heavy (non-hydrogen) atoms. The molecule has 0 amide bonds. The third-order valence-electron chi connectivity index (χ3n) is 0.895. The summed E-state index contributed by atoms with van der Waals surface area (Å²) in [7, 11) is -4.03. The van der Waals surface area contributed by atoms with Gasteiger partial charge >= 0.3 is 7.60 Å². The van der Waals surface area contributed by atoms with Gasteiger partial charge in [0.25, 0.3) is 0 Å². The van der Waals surface area contributed by atoms with Gasteiger partial charge in [-0.2, -0.15) is 0 Å². The minimum atomic E-state index is -4.03. The van der Waals surface area contributed by atoms with Gasteiger partial charge in [-0.25, -0.2) is 0 Å². The highest BCUT2D eigenvalue weighted by molar-refractivity contribution is 7.56. The van der Waals surface area contributed by atoms with Crippen LogP contribution in [0.2, 0.25) is 0 Å². The quantitative estimate of drug-likeness (QED) is 0.422. The molecule has 0 saturated heterocycles. The summed E-state index contributed by atoms with van der Waals surface area (Å²) in [6.45, 7) is 0. The summed E-state index contributed by atoms with van der Waals surface area (Å²) in [4.78, 5) is 16.9. The van der Waals surface area contributed by atoms with Crippen LogP contribution < -0.4 is 0 Å². The van der Waals surface area contributed by atoms with E-state index in [0.717, 1.165) is 0 Å². The van der Waals surface area contributed by atoms with Gasteiger partial charge in [-0.1, -0.05) is 6.08 Å². The van der Waals surface area contributed by atoms with Gasteiger partial charge in [0.15, 0.2) is 0 Å². The summed E-state index contributed by atoms with van der Waals surface area (Å²) in [6, 6.07) is 0. The van der Waals surface area contributed by atoms with Gasteiger partial charge < -0.3 is 9.79 Å². The van der Waals surface area contributed by atoms with E-state index >= 15 is 0 Å². The average molecular weight is 144 g/mol.